The van der Waals surface area contributed by atoms with Crippen LogP contribution in [0.25, 0.3) is 11.0 Å². The number of piperidine rings is 1. The molecule has 0 saturated carbocycles. The van der Waals surface area contributed by atoms with Crippen molar-refractivity contribution in [1.82, 2.24) is 19.4 Å². The van der Waals surface area contributed by atoms with Crippen molar-refractivity contribution in [2.45, 2.75) is 39.2 Å². The van der Waals surface area contributed by atoms with Gasteiger partial charge in [0, 0.05) is 32.7 Å². The molecule has 2 aromatic rings. The van der Waals surface area contributed by atoms with Crippen LogP contribution in [0.4, 0.5) is 4.79 Å². The summed E-state index contributed by atoms with van der Waals surface area (Å²) in [7, 11) is 0. The lowest BCUT2D eigenvalue weighted by molar-refractivity contribution is 0.0599. The predicted octanol–water partition coefficient (Wildman–Crippen LogP) is 2.84. The number of ether oxygens (including phenoxy) is 1. The lowest BCUT2D eigenvalue weighted by Gasteiger charge is -2.41. The Morgan fingerprint density at radius 3 is 2.75 bits per heavy atom. The van der Waals surface area contributed by atoms with Crippen LogP contribution in [0.3, 0.4) is 0 Å². The SMILES string of the molecule is CCOC(=O)N1CCC(C)(CN2CC[C@@H](n3c(=O)[nH]c4ccccc43)C2)CC1. The number of likely N-dealkylation sites (tertiary alicyclic amines) is 2. The number of rotatable bonds is 4. The average Bonchev–Trinajstić information content (AvgIpc) is 3.24. The molecule has 28 heavy (non-hydrogen) atoms. The van der Waals surface area contributed by atoms with Crippen LogP contribution in [0.2, 0.25) is 0 Å². The number of amides is 1. The first kappa shape index (κ1) is 19.1. The zero-order valence-corrected chi connectivity index (χ0v) is 16.8. The van der Waals surface area contributed by atoms with Crippen molar-refractivity contribution in [2.24, 2.45) is 5.41 Å². The summed E-state index contributed by atoms with van der Waals surface area (Å²) in [5.74, 6) is 0. The van der Waals surface area contributed by atoms with E-state index in [-0.39, 0.29) is 23.2 Å². The van der Waals surface area contributed by atoms with Gasteiger partial charge in [-0.25, -0.2) is 9.59 Å². The number of aromatic nitrogens is 2. The number of benzene rings is 1. The smallest absolute Gasteiger partial charge is 0.409 e. The van der Waals surface area contributed by atoms with Crippen molar-refractivity contribution >= 4 is 17.1 Å². The second kappa shape index (κ2) is 7.62. The molecule has 3 heterocycles. The Bertz CT molecular complexity index is 894. The van der Waals surface area contributed by atoms with Crippen LogP contribution >= 0.6 is 0 Å². The Kier molecular flexibility index (Phi) is 5.19. The quantitative estimate of drug-likeness (QED) is 0.877. The average molecular weight is 386 g/mol. The lowest BCUT2D eigenvalue weighted by atomic mass is 9.80. The molecule has 0 unspecified atom stereocenters. The zero-order chi connectivity index (χ0) is 19.7. The maximum absolute atomic E-state index is 12.5. The number of hydrogen-bond donors (Lipinski definition) is 1. The van der Waals surface area contributed by atoms with Gasteiger partial charge in [-0.1, -0.05) is 19.1 Å². The van der Waals surface area contributed by atoms with Gasteiger partial charge in [-0.15, -0.1) is 0 Å². The molecule has 0 spiro atoms. The molecule has 2 fully saturated rings. The first-order valence-electron chi connectivity index (χ1n) is 10.3. The molecular formula is C21H30N4O3. The van der Waals surface area contributed by atoms with Gasteiger partial charge in [0.15, 0.2) is 0 Å². The summed E-state index contributed by atoms with van der Waals surface area (Å²) >= 11 is 0. The van der Waals surface area contributed by atoms with Crippen molar-refractivity contribution in [3.8, 4) is 0 Å². The molecule has 1 atom stereocenters. The number of H-pyrrole nitrogens is 1. The van der Waals surface area contributed by atoms with E-state index in [1.165, 1.54) is 0 Å². The molecule has 1 amide bonds. The molecule has 1 N–H and O–H groups in total. The Morgan fingerprint density at radius 1 is 1.25 bits per heavy atom. The van der Waals surface area contributed by atoms with Crippen molar-refractivity contribution < 1.29 is 9.53 Å². The fourth-order valence-corrected chi connectivity index (χ4v) is 4.75. The Labute approximate surface area is 165 Å². The van der Waals surface area contributed by atoms with Gasteiger partial charge in [0.2, 0.25) is 0 Å². The summed E-state index contributed by atoms with van der Waals surface area (Å²) in [5.41, 5.74) is 2.09. The van der Waals surface area contributed by atoms with E-state index >= 15 is 0 Å². The molecule has 7 heteroatoms. The van der Waals surface area contributed by atoms with Crippen molar-refractivity contribution in [3.63, 3.8) is 0 Å². The second-order valence-electron chi connectivity index (χ2n) is 8.49. The highest BCUT2D eigenvalue weighted by atomic mass is 16.6. The summed E-state index contributed by atoms with van der Waals surface area (Å²) in [4.78, 5) is 31.7. The normalized spacial score (nSPS) is 22.6. The van der Waals surface area contributed by atoms with Crippen molar-refractivity contribution in [1.29, 1.82) is 0 Å². The molecular weight excluding hydrogens is 356 g/mol. The maximum Gasteiger partial charge on any atom is 0.409 e. The molecule has 1 aromatic carbocycles. The standard InChI is InChI=1S/C21H30N4O3/c1-3-28-20(27)24-12-9-21(2,10-13-24)15-23-11-8-16(14-23)25-18-7-5-4-6-17(18)22-19(25)26/h4-7,16H,3,8-15H2,1-2H3,(H,22,26)/t16-/m1/s1. The summed E-state index contributed by atoms with van der Waals surface area (Å²) in [6.07, 6.45) is 2.77. The number of aromatic amines is 1. The first-order valence-corrected chi connectivity index (χ1v) is 10.3. The van der Waals surface area contributed by atoms with Gasteiger partial charge in [-0.3, -0.25) is 4.57 Å². The molecule has 1 aromatic heterocycles. The van der Waals surface area contributed by atoms with Crippen LogP contribution in [-0.2, 0) is 4.74 Å². The van der Waals surface area contributed by atoms with E-state index in [4.69, 9.17) is 4.74 Å². The number of carbonyl (C=O) groups excluding carboxylic acids is 1. The van der Waals surface area contributed by atoms with Crippen molar-refractivity contribution in [3.05, 3.63) is 34.7 Å². The molecule has 2 saturated heterocycles. The topological polar surface area (TPSA) is 70.6 Å². The highest BCUT2D eigenvalue weighted by Gasteiger charge is 2.36. The molecule has 4 rings (SSSR count). The van der Waals surface area contributed by atoms with Crippen molar-refractivity contribution in [2.75, 3.05) is 39.3 Å². The molecule has 0 bridgehead atoms. The number of imidazole rings is 1. The van der Waals surface area contributed by atoms with E-state index in [0.29, 0.717) is 6.61 Å². The van der Waals surface area contributed by atoms with Gasteiger partial charge in [-0.05, 0) is 43.7 Å². The van der Waals surface area contributed by atoms with Gasteiger partial charge in [0.25, 0.3) is 0 Å². The molecule has 2 aliphatic heterocycles. The molecule has 152 valence electrons. The van der Waals surface area contributed by atoms with Crippen LogP contribution < -0.4 is 5.69 Å². The van der Waals surface area contributed by atoms with Crippen LogP contribution in [0.5, 0.6) is 0 Å². The van der Waals surface area contributed by atoms with E-state index in [1.54, 1.807) is 0 Å². The maximum atomic E-state index is 12.5. The highest BCUT2D eigenvalue weighted by molar-refractivity contribution is 5.75. The Morgan fingerprint density at radius 2 is 2.00 bits per heavy atom. The summed E-state index contributed by atoms with van der Waals surface area (Å²) < 4.78 is 7.06. The summed E-state index contributed by atoms with van der Waals surface area (Å²) in [5, 5.41) is 0. The van der Waals surface area contributed by atoms with Crippen LogP contribution in [-0.4, -0.2) is 64.8 Å². The third-order valence-electron chi connectivity index (χ3n) is 6.34. The number of fused-ring (bicyclic) bond motifs is 1. The third kappa shape index (κ3) is 3.68. The minimum atomic E-state index is -0.190. The second-order valence-corrected chi connectivity index (χ2v) is 8.49. The minimum absolute atomic E-state index is 0.0120. The highest BCUT2D eigenvalue weighted by Crippen LogP contribution is 2.34. The first-order chi connectivity index (χ1) is 13.5. The predicted molar refractivity (Wildman–Crippen MR) is 109 cm³/mol. The van der Waals surface area contributed by atoms with E-state index < -0.39 is 0 Å². The fraction of sp³-hybridized carbons (Fsp3) is 0.619. The third-order valence-corrected chi connectivity index (χ3v) is 6.34. The number of carbonyl (C=O) groups is 1. The number of nitrogens with one attached hydrogen (secondary N) is 1. The minimum Gasteiger partial charge on any atom is -0.450 e. The summed E-state index contributed by atoms with van der Waals surface area (Å²) in [6, 6.07) is 8.12. The monoisotopic (exact) mass is 386 g/mol. The lowest BCUT2D eigenvalue weighted by Crippen LogP contribution is -2.46. The van der Waals surface area contributed by atoms with Gasteiger partial charge < -0.3 is 19.5 Å². The van der Waals surface area contributed by atoms with Crippen LogP contribution in [0.15, 0.2) is 29.1 Å². The molecule has 2 aliphatic rings. The molecule has 7 nitrogen and oxygen atoms in total. The van der Waals surface area contributed by atoms with Gasteiger partial charge in [0.05, 0.1) is 23.7 Å². The van der Waals surface area contributed by atoms with Crippen LogP contribution in [0, 0.1) is 5.41 Å². The summed E-state index contributed by atoms with van der Waals surface area (Å²) in [6.45, 7) is 9.03. The van der Waals surface area contributed by atoms with Gasteiger partial charge >= 0.3 is 11.8 Å². The van der Waals surface area contributed by atoms with Gasteiger partial charge in [0.1, 0.15) is 0 Å². The zero-order valence-electron chi connectivity index (χ0n) is 16.8. The van der Waals surface area contributed by atoms with Crippen LogP contribution in [0.1, 0.15) is 39.2 Å². The molecule has 0 aliphatic carbocycles. The molecule has 0 radical (unpaired) electrons. The van der Waals surface area contributed by atoms with E-state index in [9.17, 15) is 9.59 Å². The fourth-order valence-electron chi connectivity index (χ4n) is 4.75. The largest absolute Gasteiger partial charge is 0.450 e. The number of nitrogens with zero attached hydrogens (tertiary/aromatic N) is 3. The van der Waals surface area contributed by atoms with E-state index in [0.717, 1.165) is 63.0 Å². The Balaban J connectivity index is 1.38. The number of hydrogen-bond acceptors (Lipinski definition) is 4. The van der Waals surface area contributed by atoms with E-state index in [1.807, 2.05) is 40.7 Å². The number of para-hydroxylation sites is 2. The van der Waals surface area contributed by atoms with Gasteiger partial charge in [-0.2, -0.15) is 0 Å². The van der Waals surface area contributed by atoms with E-state index in [2.05, 4.69) is 16.8 Å². The Hall–Kier alpha value is -2.28.